The van der Waals surface area contributed by atoms with Gasteiger partial charge < -0.3 is 0 Å². The van der Waals surface area contributed by atoms with Crippen LogP contribution in [0.25, 0.3) is 27.6 Å². The largest absolute Gasteiger partial charge is 0.295 e. The van der Waals surface area contributed by atoms with Crippen LogP contribution in [0.15, 0.2) is 55.0 Å². The fraction of sp³-hybridized carbons (Fsp3) is 0.0625. The molecule has 0 radical (unpaired) electrons. The average Bonchev–Trinajstić information content (AvgIpc) is 2.93. The van der Waals surface area contributed by atoms with E-state index in [-0.39, 0.29) is 0 Å². The van der Waals surface area contributed by atoms with Crippen LogP contribution in [0.3, 0.4) is 0 Å². The maximum absolute atomic E-state index is 6.06. The summed E-state index contributed by atoms with van der Waals surface area (Å²) in [6.45, 7) is 0. The first-order valence-corrected chi connectivity index (χ1v) is 7.13. The first-order chi connectivity index (χ1) is 10.4. The van der Waals surface area contributed by atoms with Crippen molar-refractivity contribution in [1.29, 1.82) is 0 Å². The summed E-state index contributed by atoms with van der Waals surface area (Å²) in [7, 11) is 0. The molecule has 21 heavy (non-hydrogen) atoms. The lowest BCUT2D eigenvalue weighted by Crippen LogP contribution is -1.99. The summed E-state index contributed by atoms with van der Waals surface area (Å²) >= 11 is 6.06. The normalized spacial score (nSPS) is 11.3. The van der Waals surface area contributed by atoms with E-state index in [4.69, 9.17) is 11.6 Å². The second kappa shape index (κ2) is 4.82. The summed E-state index contributed by atoms with van der Waals surface area (Å²) in [5.74, 6) is 1.16. The van der Waals surface area contributed by atoms with E-state index in [0.29, 0.717) is 5.88 Å². The van der Waals surface area contributed by atoms with Crippen LogP contribution in [0.5, 0.6) is 0 Å². The van der Waals surface area contributed by atoms with Crippen LogP contribution in [0.2, 0.25) is 0 Å². The molecular weight excluding hydrogens is 284 g/mol. The van der Waals surface area contributed by atoms with Crippen molar-refractivity contribution < 1.29 is 0 Å². The first-order valence-electron chi connectivity index (χ1n) is 6.59. The van der Waals surface area contributed by atoms with Crippen molar-refractivity contribution in [2.75, 3.05) is 0 Å². The molecule has 4 rings (SSSR count). The van der Waals surface area contributed by atoms with E-state index in [1.54, 1.807) is 18.6 Å². The quantitative estimate of drug-likeness (QED) is 0.529. The van der Waals surface area contributed by atoms with Gasteiger partial charge in [-0.25, -0.2) is 4.98 Å². The molecule has 0 amide bonds. The molecule has 4 nitrogen and oxygen atoms in total. The van der Waals surface area contributed by atoms with Gasteiger partial charge in [-0.3, -0.25) is 14.5 Å². The predicted octanol–water partition coefficient (Wildman–Crippen LogP) is 3.71. The summed E-state index contributed by atoms with van der Waals surface area (Å²) < 4.78 is 2.07. The molecule has 0 bridgehead atoms. The minimum absolute atomic E-state index is 0.347. The maximum atomic E-state index is 6.06. The van der Waals surface area contributed by atoms with Gasteiger partial charge in [0.1, 0.15) is 11.3 Å². The van der Waals surface area contributed by atoms with E-state index in [1.807, 2.05) is 30.3 Å². The molecule has 0 N–H and O–H groups in total. The van der Waals surface area contributed by atoms with Gasteiger partial charge in [-0.2, -0.15) is 0 Å². The van der Waals surface area contributed by atoms with Gasteiger partial charge in [0.15, 0.2) is 0 Å². The fourth-order valence-corrected chi connectivity index (χ4v) is 2.74. The molecule has 0 fully saturated rings. The number of hydrogen-bond acceptors (Lipinski definition) is 3. The third-order valence-corrected chi connectivity index (χ3v) is 3.73. The standard InChI is InChI=1S/C16H11ClN4/c17-9-16-20-14-10-18-7-5-15(14)21(16)12-3-4-13-11(8-12)2-1-6-19-13/h1-8,10H,9H2. The van der Waals surface area contributed by atoms with Gasteiger partial charge in [-0.15, -0.1) is 11.6 Å². The van der Waals surface area contributed by atoms with Gasteiger partial charge >= 0.3 is 0 Å². The second-order valence-electron chi connectivity index (χ2n) is 4.74. The van der Waals surface area contributed by atoms with Gasteiger partial charge in [-0.1, -0.05) is 6.07 Å². The van der Waals surface area contributed by atoms with Crippen LogP contribution >= 0.6 is 11.6 Å². The van der Waals surface area contributed by atoms with Crippen molar-refractivity contribution in [3.63, 3.8) is 0 Å². The van der Waals surface area contributed by atoms with Crippen LogP contribution in [-0.2, 0) is 5.88 Å². The Bertz CT molecular complexity index is 945. The van der Waals surface area contributed by atoms with Crippen LogP contribution in [0, 0.1) is 0 Å². The first kappa shape index (κ1) is 12.3. The number of imidazole rings is 1. The maximum Gasteiger partial charge on any atom is 0.129 e. The monoisotopic (exact) mass is 294 g/mol. The summed E-state index contributed by atoms with van der Waals surface area (Å²) in [4.78, 5) is 13.0. The number of rotatable bonds is 2. The number of nitrogens with zero attached hydrogens (tertiary/aromatic N) is 4. The third-order valence-electron chi connectivity index (χ3n) is 3.49. The summed E-state index contributed by atoms with van der Waals surface area (Å²) in [6.07, 6.45) is 5.32. The van der Waals surface area contributed by atoms with Crippen molar-refractivity contribution >= 4 is 33.5 Å². The Labute approximate surface area is 126 Å². The Hall–Kier alpha value is -2.46. The highest BCUT2D eigenvalue weighted by Gasteiger charge is 2.11. The van der Waals surface area contributed by atoms with Crippen molar-refractivity contribution in [3.05, 3.63) is 60.8 Å². The van der Waals surface area contributed by atoms with Gasteiger partial charge in [0.05, 0.1) is 23.1 Å². The predicted molar refractivity (Wildman–Crippen MR) is 83.7 cm³/mol. The second-order valence-corrected chi connectivity index (χ2v) is 5.01. The molecule has 3 heterocycles. The molecule has 4 aromatic rings. The van der Waals surface area contributed by atoms with Crippen LogP contribution in [0.1, 0.15) is 5.82 Å². The molecule has 0 aliphatic heterocycles. The lowest BCUT2D eigenvalue weighted by Gasteiger charge is -2.08. The lowest BCUT2D eigenvalue weighted by atomic mass is 10.2. The van der Waals surface area contributed by atoms with Gasteiger partial charge in [0, 0.05) is 23.5 Å². The molecule has 102 valence electrons. The highest BCUT2D eigenvalue weighted by atomic mass is 35.5. The van der Waals surface area contributed by atoms with E-state index in [9.17, 15) is 0 Å². The molecule has 0 unspecified atom stereocenters. The zero-order chi connectivity index (χ0) is 14.2. The zero-order valence-corrected chi connectivity index (χ0v) is 11.8. The van der Waals surface area contributed by atoms with E-state index in [2.05, 4.69) is 25.6 Å². The molecule has 0 atom stereocenters. The molecule has 0 saturated carbocycles. The molecule has 0 spiro atoms. The van der Waals surface area contributed by atoms with Gasteiger partial charge in [-0.05, 0) is 30.3 Å². The molecular formula is C16H11ClN4. The van der Waals surface area contributed by atoms with E-state index >= 15 is 0 Å². The Morgan fingerprint density at radius 1 is 1.05 bits per heavy atom. The van der Waals surface area contributed by atoms with E-state index in [1.165, 1.54) is 0 Å². The third kappa shape index (κ3) is 1.96. The van der Waals surface area contributed by atoms with Crippen LogP contribution in [0.4, 0.5) is 0 Å². The lowest BCUT2D eigenvalue weighted by molar-refractivity contribution is 0.983. The molecule has 1 aromatic carbocycles. The number of pyridine rings is 2. The van der Waals surface area contributed by atoms with Crippen LogP contribution in [-0.4, -0.2) is 19.5 Å². The number of fused-ring (bicyclic) bond motifs is 2. The molecule has 0 aliphatic rings. The number of hydrogen-bond donors (Lipinski definition) is 0. The SMILES string of the molecule is ClCc1nc2cnccc2n1-c1ccc2ncccc2c1. The molecule has 5 heteroatoms. The van der Waals surface area contributed by atoms with E-state index < -0.39 is 0 Å². The van der Waals surface area contributed by atoms with Crippen molar-refractivity contribution in [2.24, 2.45) is 0 Å². The number of halogens is 1. The Morgan fingerprint density at radius 3 is 2.90 bits per heavy atom. The minimum Gasteiger partial charge on any atom is -0.295 e. The van der Waals surface area contributed by atoms with Crippen molar-refractivity contribution in [1.82, 2.24) is 19.5 Å². The topological polar surface area (TPSA) is 43.6 Å². The number of benzene rings is 1. The fourth-order valence-electron chi connectivity index (χ4n) is 2.56. The average molecular weight is 295 g/mol. The highest BCUT2D eigenvalue weighted by molar-refractivity contribution is 6.17. The number of alkyl halides is 1. The minimum atomic E-state index is 0.347. The Morgan fingerprint density at radius 2 is 2.00 bits per heavy atom. The summed E-state index contributed by atoms with van der Waals surface area (Å²) in [5, 5.41) is 1.09. The zero-order valence-electron chi connectivity index (χ0n) is 11.1. The molecule has 0 saturated heterocycles. The highest BCUT2D eigenvalue weighted by Crippen LogP contribution is 2.24. The van der Waals surface area contributed by atoms with Gasteiger partial charge in [0.2, 0.25) is 0 Å². The van der Waals surface area contributed by atoms with Crippen molar-refractivity contribution in [3.8, 4) is 5.69 Å². The van der Waals surface area contributed by atoms with Crippen LogP contribution < -0.4 is 0 Å². The summed E-state index contributed by atoms with van der Waals surface area (Å²) in [5.41, 5.74) is 3.85. The Kier molecular flexibility index (Phi) is 2.82. The number of aromatic nitrogens is 4. The van der Waals surface area contributed by atoms with Crippen molar-refractivity contribution in [2.45, 2.75) is 5.88 Å². The molecule has 3 aromatic heterocycles. The smallest absolute Gasteiger partial charge is 0.129 e. The van der Waals surface area contributed by atoms with Gasteiger partial charge in [0.25, 0.3) is 0 Å². The van der Waals surface area contributed by atoms with E-state index in [0.717, 1.165) is 33.4 Å². The molecule has 0 aliphatic carbocycles. The summed E-state index contributed by atoms with van der Waals surface area (Å²) in [6, 6.07) is 12.1. The Balaban J connectivity index is 2.03.